The smallest absolute Gasteiger partial charge is 0.0568 e. The molecular formula is C52H40N2. The van der Waals surface area contributed by atoms with Crippen LogP contribution >= 0.6 is 0 Å². The molecule has 0 atom stereocenters. The van der Waals surface area contributed by atoms with Crippen LogP contribution in [-0.4, -0.2) is 4.57 Å². The van der Waals surface area contributed by atoms with Crippen LogP contribution < -0.4 is 4.90 Å². The summed E-state index contributed by atoms with van der Waals surface area (Å²) in [5.41, 5.74) is 17.3. The predicted octanol–water partition coefficient (Wildman–Crippen LogP) is 14.1. The lowest BCUT2D eigenvalue weighted by Crippen LogP contribution is -2.16. The fourth-order valence-corrected chi connectivity index (χ4v) is 8.93. The van der Waals surface area contributed by atoms with Gasteiger partial charge in [0.05, 0.1) is 5.69 Å². The van der Waals surface area contributed by atoms with Gasteiger partial charge in [-0.15, -0.1) is 0 Å². The van der Waals surface area contributed by atoms with Gasteiger partial charge in [0.1, 0.15) is 0 Å². The highest BCUT2D eigenvalue weighted by Crippen LogP contribution is 2.51. The number of fused-ring (bicyclic) bond motifs is 5. The molecule has 9 aromatic rings. The molecular weight excluding hydrogens is 653 g/mol. The summed E-state index contributed by atoms with van der Waals surface area (Å²) in [4.78, 5) is 2.41. The van der Waals surface area contributed by atoms with Gasteiger partial charge in [-0.1, -0.05) is 159 Å². The maximum Gasteiger partial charge on any atom is 0.0568 e. The minimum Gasteiger partial charge on any atom is -0.343 e. The molecule has 0 unspecified atom stereocenters. The third-order valence-corrected chi connectivity index (χ3v) is 11.6. The standard InChI is InChI=1S/C52H40N2/c1-52(2)47-22-11-9-19-43(47)44-33-32-41(34-48(44)52)54(39-28-24-36(25-29-39)35-14-5-4-6-15-35)40-30-26-38(27-31-40)51-50(46-20-10-12-23-49(46)53(51)3)45-21-13-17-37-16-7-8-18-42(37)45/h4-34H,1-3H3. The monoisotopic (exact) mass is 692 g/mol. The van der Waals surface area contributed by atoms with E-state index in [1.807, 2.05) is 0 Å². The van der Waals surface area contributed by atoms with E-state index in [0.29, 0.717) is 0 Å². The zero-order valence-corrected chi connectivity index (χ0v) is 30.8. The molecule has 0 spiro atoms. The second kappa shape index (κ2) is 12.5. The van der Waals surface area contributed by atoms with E-state index in [4.69, 9.17) is 0 Å². The normalized spacial score (nSPS) is 12.9. The molecule has 1 aromatic heterocycles. The Hall–Kier alpha value is -6.64. The Morgan fingerprint density at radius 3 is 1.76 bits per heavy atom. The molecule has 0 bridgehead atoms. The number of nitrogens with zero attached hydrogens (tertiary/aromatic N) is 2. The van der Waals surface area contributed by atoms with Crippen LogP contribution in [0.5, 0.6) is 0 Å². The zero-order chi connectivity index (χ0) is 36.4. The van der Waals surface area contributed by atoms with Gasteiger partial charge in [-0.3, -0.25) is 0 Å². The third-order valence-electron chi connectivity index (χ3n) is 11.6. The number of anilines is 3. The van der Waals surface area contributed by atoms with Gasteiger partial charge in [-0.05, 0) is 97.7 Å². The Labute approximate surface area is 317 Å². The first-order chi connectivity index (χ1) is 26.5. The van der Waals surface area contributed by atoms with Gasteiger partial charge in [-0.25, -0.2) is 0 Å². The maximum atomic E-state index is 2.41. The molecule has 0 saturated carbocycles. The molecule has 0 aliphatic heterocycles. The van der Waals surface area contributed by atoms with Crippen molar-refractivity contribution in [2.45, 2.75) is 19.3 Å². The highest BCUT2D eigenvalue weighted by molar-refractivity contribution is 6.11. The Kier molecular flexibility index (Phi) is 7.42. The molecule has 0 saturated heterocycles. The molecule has 258 valence electrons. The Morgan fingerprint density at radius 1 is 0.426 bits per heavy atom. The van der Waals surface area contributed by atoms with Gasteiger partial charge in [0, 0.05) is 46.0 Å². The average Bonchev–Trinajstić information content (AvgIpc) is 3.65. The van der Waals surface area contributed by atoms with Crippen LogP contribution in [-0.2, 0) is 12.5 Å². The second-order valence-electron chi connectivity index (χ2n) is 15.0. The summed E-state index contributed by atoms with van der Waals surface area (Å²) in [6, 6.07) is 68.9. The molecule has 8 aromatic carbocycles. The minimum absolute atomic E-state index is 0.0961. The molecule has 0 radical (unpaired) electrons. The fourth-order valence-electron chi connectivity index (χ4n) is 8.93. The van der Waals surface area contributed by atoms with E-state index in [2.05, 4.69) is 218 Å². The Morgan fingerprint density at radius 2 is 0.981 bits per heavy atom. The minimum atomic E-state index is -0.0961. The molecule has 0 N–H and O–H groups in total. The lowest BCUT2D eigenvalue weighted by atomic mass is 9.82. The Balaban J connectivity index is 1.12. The van der Waals surface area contributed by atoms with E-state index in [1.54, 1.807) is 0 Å². The van der Waals surface area contributed by atoms with Crippen LogP contribution in [0, 0.1) is 0 Å². The summed E-state index contributed by atoms with van der Waals surface area (Å²) >= 11 is 0. The number of hydrogen-bond acceptors (Lipinski definition) is 1. The number of aryl methyl sites for hydroxylation is 1. The molecule has 10 rings (SSSR count). The van der Waals surface area contributed by atoms with E-state index in [0.717, 1.165) is 17.1 Å². The fraction of sp³-hybridized carbons (Fsp3) is 0.0769. The predicted molar refractivity (Wildman–Crippen MR) is 229 cm³/mol. The van der Waals surface area contributed by atoms with Gasteiger partial charge in [0.25, 0.3) is 0 Å². The lowest BCUT2D eigenvalue weighted by molar-refractivity contribution is 0.660. The molecule has 1 heterocycles. The number of hydrogen-bond donors (Lipinski definition) is 0. The lowest BCUT2D eigenvalue weighted by Gasteiger charge is -2.28. The van der Waals surface area contributed by atoms with Crippen molar-refractivity contribution in [3.8, 4) is 44.6 Å². The van der Waals surface area contributed by atoms with Gasteiger partial charge in [0.2, 0.25) is 0 Å². The van der Waals surface area contributed by atoms with E-state index in [1.165, 1.54) is 77.4 Å². The van der Waals surface area contributed by atoms with Crippen LogP contribution in [0.15, 0.2) is 188 Å². The highest BCUT2D eigenvalue weighted by Gasteiger charge is 2.35. The van der Waals surface area contributed by atoms with Gasteiger partial charge < -0.3 is 9.47 Å². The van der Waals surface area contributed by atoms with Crippen molar-refractivity contribution < 1.29 is 0 Å². The first kappa shape index (κ1) is 32.0. The van der Waals surface area contributed by atoms with Crippen LogP contribution in [0.25, 0.3) is 66.3 Å². The summed E-state index contributed by atoms with van der Waals surface area (Å²) in [5.74, 6) is 0. The first-order valence-electron chi connectivity index (χ1n) is 18.8. The van der Waals surface area contributed by atoms with Crippen molar-refractivity contribution in [2.24, 2.45) is 7.05 Å². The third kappa shape index (κ3) is 5.02. The summed E-state index contributed by atoms with van der Waals surface area (Å²) < 4.78 is 2.36. The second-order valence-corrected chi connectivity index (χ2v) is 15.0. The summed E-state index contributed by atoms with van der Waals surface area (Å²) in [5, 5.41) is 3.78. The van der Waals surface area contributed by atoms with Crippen molar-refractivity contribution in [2.75, 3.05) is 4.90 Å². The van der Waals surface area contributed by atoms with Gasteiger partial charge in [0.15, 0.2) is 0 Å². The number of aromatic nitrogens is 1. The van der Waals surface area contributed by atoms with Gasteiger partial charge in [-0.2, -0.15) is 0 Å². The summed E-state index contributed by atoms with van der Waals surface area (Å²) in [6.07, 6.45) is 0. The van der Waals surface area contributed by atoms with Crippen molar-refractivity contribution in [1.82, 2.24) is 4.57 Å². The molecule has 2 heteroatoms. The van der Waals surface area contributed by atoms with Crippen molar-refractivity contribution in [3.05, 3.63) is 199 Å². The van der Waals surface area contributed by atoms with E-state index in [9.17, 15) is 0 Å². The van der Waals surface area contributed by atoms with Crippen molar-refractivity contribution in [1.29, 1.82) is 0 Å². The van der Waals surface area contributed by atoms with E-state index < -0.39 is 0 Å². The molecule has 1 aliphatic rings. The Bertz CT molecular complexity index is 2830. The van der Waals surface area contributed by atoms with E-state index >= 15 is 0 Å². The number of para-hydroxylation sites is 1. The molecule has 0 amide bonds. The van der Waals surface area contributed by atoms with Crippen molar-refractivity contribution >= 4 is 38.7 Å². The van der Waals surface area contributed by atoms with Crippen LogP contribution in [0.4, 0.5) is 17.1 Å². The van der Waals surface area contributed by atoms with Crippen LogP contribution in [0.3, 0.4) is 0 Å². The van der Waals surface area contributed by atoms with Crippen molar-refractivity contribution in [3.63, 3.8) is 0 Å². The first-order valence-corrected chi connectivity index (χ1v) is 18.8. The zero-order valence-electron chi connectivity index (χ0n) is 30.8. The van der Waals surface area contributed by atoms with E-state index in [-0.39, 0.29) is 5.41 Å². The SMILES string of the molecule is Cn1c(-c2ccc(N(c3ccc(-c4ccccc4)cc3)c3ccc4c(c3)C(C)(C)c3ccccc3-4)cc2)c(-c2cccc3ccccc23)c2ccccc21. The number of benzene rings is 8. The number of rotatable bonds is 6. The summed E-state index contributed by atoms with van der Waals surface area (Å²) in [7, 11) is 2.20. The van der Waals surface area contributed by atoms with Crippen LogP contribution in [0.1, 0.15) is 25.0 Å². The quantitative estimate of drug-likeness (QED) is 0.168. The highest BCUT2D eigenvalue weighted by atomic mass is 15.1. The van der Waals surface area contributed by atoms with Gasteiger partial charge >= 0.3 is 0 Å². The molecule has 54 heavy (non-hydrogen) atoms. The largest absolute Gasteiger partial charge is 0.343 e. The molecule has 2 nitrogen and oxygen atoms in total. The summed E-state index contributed by atoms with van der Waals surface area (Å²) in [6.45, 7) is 4.71. The molecule has 0 fully saturated rings. The van der Waals surface area contributed by atoms with Crippen LogP contribution in [0.2, 0.25) is 0 Å². The maximum absolute atomic E-state index is 2.41. The molecule has 1 aliphatic carbocycles. The topological polar surface area (TPSA) is 8.17 Å². The average molecular weight is 693 g/mol.